The Labute approximate surface area is 194 Å². The van der Waals surface area contributed by atoms with E-state index in [1.807, 2.05) is 18.2 Å². The van der Waals surface area contributed by atoms with Crippen LogP contribution in [-0.2, 0) is 14.8 Å². The van der Waals surface area contributed by atoms with Crippen LogP contribution in [0.5, 0.6) is 5.75 Å². The molecule has 1 saturated heterocycles. The Morgan fingerprint density at radius 1 is 1.18 bits per heavy atom. The van der Waals surface area contributed by atoms with Crippen LogP contribution < -0.4 is 14.8 Å². The monoisotopic (exact) mass is 471 g/mol. The molecule has 0 aromatic heterocycles. The molecule has 2 aliphatic heterocycles. The van der Waals surface area contributed by atoms with Gasteiger partial charge in [-0.1, -0.05) is 37.3 Å². The van der Waals surface area contributed by atoms with Gasteiger partial charge < -0.3 is 15.2 Å². The number of hydrogen-bond donors (Lipinski definition) is 3. The summed E-state index contributed by atoms with van der Waals surface area (Å²) in [6, 6.07) is 13.9. The van der Waals surface area contributed by atoms with Crippen LogP contribution in [0.25, 0.3) is 0 Å². The molecule has 2 aromatic rings. The van der Waals surface area contributed by atoms with E-state index in [2.05, 4.69) is 21.9 Å². The van der Waals surface area contributed by atoms with Gasteiger partial charge in [0, 0.05) is 30.5 Å². The van der Waals surface area contributed by atoms with Gasteiger partial charge in [-0.2, -0.15) is 4.72 Å². The van der Waals surface area contributed by atoms with Crippen LogP contribution >= 0.6 is 0 Å². The Morgan fingerprint density at radius 2 is 1.88 bits per heavy atom. The summed E-state index contributed by atoms with van der Waals surface area (Å²) in [6.07, 6.45) is 3.10. The van der Waals surface area contributed by atoms with E-state index in [0.717, 1.165) is 37.9 Å². The van der Waals surface area contributed by atoms with Gasteiger partial charge in [0.25, 0.3) is 0 Å². The minimum atomic E-state index is -4.14. The van der Waals surface area contributed by atoms with Gasteiger partial charge in [0.05, 0.1) is 18.5 Å². The maximum absolute atomic E-state index is 13.6. The number of anilines is 1. The Hall–Kier alpha value is -2.62. The molecule has 0 amide bonds. The highest BCUT2D eigenvalue weighted by Gasteiger charge is 2.74. The molecule has 4 atom stereocenters. The number of nitrogens with one attached hydrogen (secondary N) is 2. The van der Waals surface area contributed by atoms with Crippen molar-refractivity contribution in [3.05, 3.63) is 54.1 Å². The summed E-state index contributed by atoms with van der Waals surface area (Å²) in [6.45, 7) is 4.17. The number of rotatable bonds is 8. The molecule has 0 bridgehead atoms. The molecule has 5 rings (SSSR count). The second-order valence-corrected chi connectivity index (χ2v) is 10.7. The van der Waals surface area contributed by atoms with Crippen LogP contribution in [-0.4, -0.2) is 55.8 Å². The molecule has 2 aromatic carbocycles. The minimum absolute atomic E-state index is 0.0149. The first-order valence-electron chi connectivity index (χ1n) is 11.5. The summed E-state index contributed by atoms with van der Waals surface area (Å²) >= 11 is 0. The fraction of sp³-hybridized carbons (Fsp3) is 0.458. The van der Waals surface area contributed by atoms with Crippen LogP contribution in [0.2, 0.25) is 0 Å². The van der Waals surface area contributed by atoms with Crippen LogP contribution in [0, 0.1) is 5.92 Å². The second-order valence-electron chi connectivity index (χ2n) is 9.02. The zero-order valence-corrected chi connectivity index (χ0v) is 19.3. The summed E-state index contributed by atoms with van der Waals surface area (Å²) in [5, 5.41) is 13.6. The summed E-state index contributed by atoms with van der Waals surface area (Å²) in [5.41, 5.74) is -0.424. The van der Waals surface area contributed by atoms with Crippen molar-refractivity contribution in [2.75, 3.05) is 25.0 Å². The number of carboxylic acid groups (broad SMARTS) is 1. The van der Waals surface area contributed by atoms with Gasteiger partial charge in [0.2, 0.25) is 10.0 Å². The van der Waals surface area contributed by atoms with Crippen molar-refractivity contribution in [3.8, 4) is 5.75 Å². The molecule has 9 heteroatoms. The van der Waals surface area contributed by atoms with Gasteiger partial charge in [-0.05, 0) is 37.5 Å². The molecule has 2 fully saturated rings. The lowest BCUT2D eigenvalue weighted by atomic mass is 10.0. The van der Waals surface area contributed by atoms with E-state index in [4.69, 9.17) is 4.74 Å². The third-order valence-corrected chi connectivity index (χ3v) is 8.71. The first-order chi connectivity index (χ1) is 15.9. The number of sulfonamides is 1. The Morgan fingerprint density at radius 3 is 2.61 bits per heavy atom. The number of likely N-dealkylation sites (tertiary alicyclic amines) is 1. The Kier molecular flexibility index (Phi) is 5.58. The van der Waals surface area contributed by atoms with Gasteiger partial charge >= 0.3 is 5.97 Å². The largest absolute Gasteiger partial charge is 0.493 e. The maximum atomic E-state index is 13.6. The van der Waals surface area contributed by atoms with Gasteiger partial charge in [-0.15, -0.1) is 0 Å². The molecule has 33 heavy (non-hydrogen) atoms. The molecule has 176 valence electrons. The van der Waals surface area contributed by atoms with Crippen molar-refractivity contribution in [2.45, 2.75) is 48.7 Å². The summed E-state index contributed by atoms with van der Waals surface area (Å²) in [7, 11) is -4.14. The number of carbonyl (C=O) groups is 1. The lowest BCUT2D eigenvalue weighted by Gasteiger charge is -2.29. The summed E-state index contributed by atoms with van der Waals surface area (Å²) in [5.74, 6) is -1.51. The van der Waals surface area contributed by atoms with Gasteiger partial charge in [0.15, 0.2) is 0 Å². The molecule has 2 heterocycles. The maximum Gasteiger partial charge on any atom is 0.326 e. The second kappa shape index (κ2) is 8.30. The zero-order valence-electron chi connectivity index (χ0n) is 18.5. The number of carboxylic acids is 1. The molecule has 0 radical (unpaired) electrons. The number of fused-ring (bicyclic) bond motifs is 3. The predicted molar refractivity (Wildman–Crippen MR) is 124 cm³/mol. The summed E-state index contributed by atoms with van der Waals surface area (Å²) < 4.78 is 35.5. The Bertz CT molecular complexity index is 1160. The van der Waals surface area contributed by atoms with Crippen molar-refractivity contribution < 1.29 is 23.1 Å². The highest BCUT2D eigenvalue weighted by atomic mass is 32.2. The quantitative estimate of drug-likeness (QED) is 0.543. The lowest BCUT2D eigenvalue weighted by molar-refractivity contribution is -0.140. The minimum Gasteiger partial charge on any atom is -0.493 e. The van der Waals surface area contributed by atoms with E-state index in [-0.39, 0.29) is 17.7 Å². The van der Waals surface area contributed by atoms with E-state index < -0.39 is 33.4 Å². The highest BCUT2D eigenvalue weighted by Crippen LogP contribution is 2.62. The summed E-state index contributed by atoms with van der Waals surface area (Å²) in [4.78, 5) is 14.8. The number of hydrogen-bond acceptors (Lipinski definition) is 6. The normalized spacial score (nSPS) is 27.2. The molecular weight excluding hydrogens is 442 g/mol. The third-order valence-electron chi connectivity index (χ3n) is 7.17. The predicted octanol–water partition coefficient (Wildman–Crippen LogP) is 2.84. The first-order valence-corrected chi connectivity index (χ1v) is 13.0. The fourth-order valence-corrected chi connectivity index (χ4v) is 7.05. The number of para-hydroxylation sites is 2. The van der Waals surface area contributed by atoms with E-state index >= 15 is 0 Å². The smallest absolute Gasteiger partial charge is 0.326 e. The average Bonchev–Trinajstić information content (AvgIpc) is 3.16. The van der Waals surface area contributed by atoms with E-state index in [0.29, 0.717) is 11.4 Å². The van der Waals surface area contributed by atoms with Crippen molar-refractivity contribution in [1.82, 2.24) is 9.62 Å². The molecule has 3 unspecified atom stereocenters. The first kappa shape index (κ1) is 22.2. The number of nitrogens with zero attached hydrogens (tertiary/aromatic N) is 1. The van der Waals surface area contributed by atoms with E-state index in [1.54, 1.807) is 24.3 Å². The molecular formula is C24H29N3O5S. The van der Waals surface area contributed by atoms with Gasteiger partial charge in [0.1, 0.15) is 16.2 Å². The van der Waals surface area contributed by atoms with Crippen molar-refractivity contribution in [3.63, 3.8) is 0 Å². The molecule has 1 aliphatic carbocycles. The van der Waals surface area contributed by atoms with Crippen molar-refractivity contribution >= 4 is 21.7 Å². The Balaban J connectivity index is 1.46. The molecule has 0 spiro atoms. The van der Waals surface area contributed by atoms with E-state index in [1.165, 1.54) is 6.07 Å². The van der Waals surface area contributed by atoms with Crippen molar-refractivity contribution in [2.24, 2.45) is 5.92 Å². The van der Waals surface area contributed by atoms with Gasteiger partial charge in [-0.25, -0.2) is 8.42 Å². The van der Waals surface area contributed by atoms with E-state index in [9.17, 15) is 18.3 Å². The molecule has 1 saturated carbocycles. The topological polar surface area (TPSA) is 108 Å². The molecule has 3 N–H and O–H groups in total. The van der Waals surface area contributed by atoms with Crippen LogP contribution in [0.1, 0.15) is 37.7 Å². The average molecular weight is 472 g/mol. The van der Waals surface area contributed by atoms with Crippen LogP contribution in [0.15, 0.2) is 53.4 Å². The van der Waals surface area contributed by atoms with Crippen LogP contribution in [0.3, 0.4) is 0 Å². The van der Waals surface area contributed by atoms with Crippen molar-refractivity contribution in [1.29, 1.82) is 0 Å². The number of aliphatic carboxylic acids is 1. The standard InChI is InChI=1S/C24H29N3O5S/c1-2-21(27-13-7-8-14-27)25-18-10-4-6-12-20(18)33(30,31)26-24(23(28)29)17-15-32-19-11-5-3-9-16(19)22(17)24/h3-6,9-12,17,21-22,25-26H,2,7-8,13-15H2,1H3,(H,28,29)/t17?,21-,22?,24?/m0/s1. The van der Waals surface area contributed by atoms with Crippen LogP contribution in [0.4, 0.5) is 5.69 Å². The third kappa shape index (κ3) is 3.68. The molecule has 3 aliphatic rings. The fourth-order valence-electron chi connectivity index (χ4n) is 5.45. The highest BCUT2D eigenvalue weighted by molar-refractivity contribution is 7.89. The zero-order chi connectivity index (χ0) is 23.2. The number of ether oxygens (including phenoxy) is 1. The lowest BCUT2D eigenvalue weighted by Crippen LogP contribution is -2.46. The van der Waals surface area contributed by atoms with Gasteiger partial charge in [-0.3, -0.25) is 9.69 Å². The molecule has 8 nitrogen and oxygen atoms in total. The number of benzene rings is 2. The SMILES string of the molecule is CC[C@@H](Nc1ccccc1S(=O)(=O)NC1(C(=O)O)C2COc3ccccc3C21)N1CCCC1.